The molecule has 1 aromatic carbocycles. The maximum absolute atomic E-state index is 3.47. The van der Waals surface area contributed by atoms with E-state index in [-0.39, 0.29) is 0 Å². The molecule has 0 saturated heterocycles. The lowest BCUT2D eigenvalue weighted by molar-refractivity contribution is 0.530. The average molecular weight is 233 g/mol. The zero-order chi connectivity index (χ0) is 11.1. The maximum atomic E-state index is 3.47. The lowest BCUT2D eigenvalue weighted by Crippen LogP contribution is -2.24. The molecule has 2 heteroatoms. The first kappa shape index (κ1) is 10.7. The second kappa shape index (κ2) is 4.08. The Bertz CT molecular complexity index is 413. The highest BCUT2D eigenvalue weighted by atomic mass is 32.2. The van der Waals surface area contributed by atoms with Crippen LogP contribution in [0.3, 0.4) is 0 Å². The van der Waals surface area contributed by atoms with Crippen molar-refractivity contribution in [3.8, 4) is 0 Å². The molecule has 1 N–H and O–H groups in total. The van der Waals surface area contributed by atoms with Gasteiger partial charge >= 0.3 is 0 Å². The number of aryl methyl sites for hydroxylation is 2. The highest BCUT2D eigenvalue weighted by Gasteiger charge is 2.26. The summed E-state index contributed by atoms with van der Waals surface area (Å²) in [7, 11) is 2.09. The lowest BCUT2D eigenvalue weighted by Gasteiger charge is -2.29. The summed E-state index contributed by atoms with van der Waals surface area (Å²) in [5.41, 5.74) is 4.76. The number of thioether (sulfide) groups is 1. The molecular weight excluding hydrogens is 214 g/mol. The Hall–Kier alpha value is -0.470. The van der Waals surface area contributed by atoms with Crippen LogP contribution >= 0.6 is 11.8 Å². The molecule has 3 rings (SSSR count). The Morgan fingerprint density at radius 1 is 1.25 bits per heavy atom. The van der Waals surface area contributed by atoms with Crippen molar-refractivity contribution in [2.45, 2.75) is 48.8 Å². The van der Waals surface area contributed by atoms with E-state index in [4.69, 9.17) is 0 Å². The summed E-state index contributed by atoms with van der Waals surface area (Å²) in [5, 5.41) is 4.21. The van der Waals surface area contributed by atoms with Crippen molar-refractivity contribution >= 4 is 11.8 Å². The molecule has 1 heterocycles. The predicted octanol–water partition coefficient (Wildman–Crippen LogP) is 3.32. The summed E-state index contributed by atoms with van der Waals surface area (Å²) in [4.78, 5) is 1.53. The summed E-state index contributed by atoms with van der Waals surface area (Å²) in [6.45, 7) is 2.34. The minimum absolute atomic E-state index is 0.567. The van der Waals surface area contributed by atoms with E-state index in [0.717, 1.165) is 5.25 Å². The lowest BCUT2D eigenvalue weighted by atomic mass is 9.97. The molecule has 16 heavy (non-hydrogen) atoms. The number of fused-ring (bicyclic) bond motifs is 2. The van der Waals surface area contributed by atoms with E-state index < -0.39 is 0 Å². The van der Waals surface area contributed by atoms with Gasteiger partial charge in [0.15, 0.2) is 0 Å². The van der Waals surface area contributed by atoms with Gasteiger partial charge in [0.05, 0.1) is 0 Å². The molecule has 0 aromatic heterocycles. The number of benzene rings is 1. The SMILES string of the molecule is CNC1CC(C)Sc2cc3c(cc21)CCC3. The number of rotatable bonds is 1. The van der Waals surface area contributed by atoms with Gasteiger partial charge in [-0.1, -0.05) is 13.0 Å². The zero-order valence-corrected chi connectivity index (χ0v) is 10.9. The van der Waals surface area contributed by atoms with Crippen LogP contribution in [-0.2, 0) is 12.8 Å². The number of hydrogen-bond donors (Lipinski definition) is 1. The third-order valence-corrected chi connectivity index (χ3v) is 5.05. The molecular formula is C14H19NS. The zero-order valence-electron chi connectivity index (χ0n) is 10.0. The predicted molar refractivity (Wildman–Crippen MR) is 70.2 cm³/mol. The van der Waals surface area contributed by atoms with Gasteiger partial charge in [0.25, 0.3) is 0 Å². The summed E-state index contributed by atoms with van der Waals surface area (Å²) < 4.78 is 0. The number of nitrogens with one attached hydrogen (secondary N) is 1. The summed E-state index contributed by atoms with van der Waals surface area (Å²) in [6, 6.07) is 5.50. The Kier molecular flexibility index (Phi) is 2.72. The molecule has 0 spiro atoms. The summed E-state index contributed by atoms with van der Waals surface area (Å²) in [5.74, 6) is 0. The normalized spacial score (nSPS) is 27.6. The van der Waals surface area contributed by atoms with Crippen LogP contribution in [0.2, 0.25) is 0 Å². The standard InChI is InChI=1S/C14H19NS/c1-9-6-13(15-2)12-7-10-4-3-5-11(10)8-14(12)16-9/h7-9,13,15H,3-6H2,1-2H3. The van der Waals surface area contributed by atoms with Crippen LogP contribution in [0.25, 0.3) is 0 Å². The Morgan fingerprint density at radius 3 is 2.75 bits per heavy atom. The van der Waals surface area contributed by atoms with Crippen molar-refractivity contribution in [2.75, 3.05) is 7.05 Å². The second-order valence-corrected chi connectivity index (χ2v) is 6.50. The summed E-state index contributed by atoms with van der Waals surface area (Å²) >= 11 is 2.06. The van der Waals surface area contributed by atoms with E-state index in [0.29, 0.717) is 6.04 Å². The topological polar surface area (TPSA) is 12.0 Å². The fourth-order valence-corrected chi connectivity index (χ4v) is 4.26. The fourth-order valence-electron chi connectivity index (χ4n) is 2.99. The first-order chi connectivity index (χ1) is 7.78. The molecule has 1 nitrogen and oxygen atoms in total. The van der Waals surface area contributed by atoms with Crippen LogP contribution in [-0.4, -0.2) is 12.3 Å². The highest BCUT2D eigenvalue weighted by molar-refractivity contribution is 8.00. The van der Waals surface area contributed by atoms with E-state index in [1.165, 1.54) is 30.6 Å². The maximum Gasteiger partial charge on any atom is 0.0339 e. The fraction of sp³-hybridized carbons (Fsp3) is 0.571. The molecule has 1 aromatic rings. The van der Waals surface area contributed by atoms with Gasteiger partial charge in [-0.2, -0.15) is 0 Å². The molecule has 0 fully saturated rings. The van der Waals surface area contributed by atoms with Gasteiger partial charge in [0.1, 0.15) is 0 Å². The Morgan fingerprint density at radius 2 is 2.00 bits per heavy atom. The first-order valence-electron chi connectivity index (χ1n) is 6.27. The van der Waals surface area contributed by atoms with E-state index in [2.05, 4.69) is 43.2 Å². The highest BCUT2D eigenvalue weighted by Crippen LogP contribution is 2.42. The van der Waals surface area contributed by atoms with Crippen LogP contribution in [0.4, 0.5) is 0 Å². The molecule has 2 unspecified atom stereocenters. The molecule has 86 valence electrons. The van der Waals surface area contributed by atoms with Crippen molar-refractivity contribution in [3.63, 3.8) is 0 Å². The molecule has 2 aliphatic rings. The second-order valence-electron chi connectivity index (χ2n) is 5.02. The van der Waals surface area contributed by atoms with Gasteiger partial charge < -0.3 is 5.32 Å². The largest absolute Gasteiger partial charge is 0.313 e. The van der Waals surface area contributed by atoms with Gasteiger partial charge in [-0.05, 0) is 55.5 Å². The van der Waals surface area contributed by atoms with Crippen LogP contribution < -0.4 is 5.32 Å². The minimum atomic E-state index is 0.567. The monoisotopic (exact) mass is 233 g/mol. The van der Waals surface area contributed by atoms with Crippen molar-refractivity contribution in [3.05, 3.63) is 28.8 Å². The third-order valence-electron chi connectivity index (χ3n) is 3.84. The smallest absolute Gasteiger partial charge is 0.0339 e. The van der Waals surface area contributed by atoms with E-state index in [1.54, 1.807) is 16.7 Å². The Balaban J connectivity index is 2.07. The van der Waals surface area contributed by atoms with E-state index in [1.807, 2.05) is 0 Å². The van der Waals surface area contributed by atoms with E-state index >= 15 is 0 Å². The van der Waals surface area contributed by atoms with Crippen LogP contribution in [0, 0.1) is 0 Å². The van der Waals surface area contributed by atoms with Crippen molar-refractivity contribution in [1.29, 1.82) is 0 Å². The van der Waals surface area contributed by atoms with Gasteiger partial charge in [-0.15, -0.1) is 11.8 Å². The van der Waals surface area contributed by atoms with Crippen molar-refractivity contribution in [2.24, 2.45) is 0 Å². The van der Waals surface area contributed by atoms with Gasteiger partial charge in [-0.3, -0.25) is 0 Å². The van der Waals surface area contributed by atoms with Crippen LogP contribution in [0.1, 0.15) is 42.5 Å². The Labute approximate surface area is 102 Å². The molecule has 1 aliphatic carbocycles. The van der Waals surface area contributed by atoms with Crippen LogP contribution in [0.15, 0.2) is 17.0 Å². The quantitative estimate of drug-likeness (QED) is 0.798. The third kappa shape index (κ3) is 1.68. The van der Waals surface area contributed by atoms with Gasteiger partial charge in [-0.25, -0.2) is 0 Å². The minimum Gasteiger partial charge on any atom is -0.313 e. The molecule has 0 radical (unpaired) electrons. The molecule has 1 aliphatic heterocycles. The van der Waals surface area contributed by atoms with Crippen molar-refractivity contribution in [1.82, 2.24) is 5.32 Å². The average Bonchev–Trinajstić information content (AvgIpc) is 2.72. The molecule has 0 amide bonds. The molecule has 0 bridgehead atoms. The summed E-state index contributed by atoms with van der Waals surface area (Å²) in [6.07, 6.45) is 5.19. The molecule has 0 saturated carbocycles. The van der Waals surface area contributed by atoms with Crippen molar-refractivity contribution < 1.29 is 0 Å². The first-order valence-corrected chi connectivity index (χ1v) is 7.15. The molecule has 2 atom stereocenters. The van der Waals surface area contributed by atoms with Gasteiger partial charge in [0.2, 0.25) is 0 Å². The van der Waals surface area contributed by atoms with Crippen LogP contribution in [0.5, 0.6) is 0 Å². The van der Waals surface area contributed by atoms with E-state index in [9.17, 15) is 0 Å². The van der Waals surface area contributed by atoms with Gasteiger partial charge in [0, 0.05) is 16.2 Å². The number of hydrogen-bond acceptors (Lipinski definition) is 2.